The monoisotopic (exact) mass is 279 g/mol. The Labute approximate surface area is 118 Å². The van der Waals surface area contributed by atoms with Crippen molar-refractivity contribution >= 4 is 17.7 Å². The molecular weight excluding hydrogens is 258 g/mol. The van der Waals surface area contributed by atoms with E-state index in [0.29, 0.717) is 39.1 Å². The Morgan fingerprint density at radius 1 is 1.15 bits per heavy atom. The first kappa shape index (κ1) is 14.6. The predicted molar refractivity (Wildman–Crippen MR) is 73.6 cm³/mol. The van der Waals surface area contributed by atoms with Gasteiger partial charge in [-0.05, 0) is 6.42 Å². The molecule has 1 N–H and O–H groups in total. The summed E-state index contributed by atoms with van der Waals surface area (Å²) in [4.78, 5) is 38.7. The quantitative estimate of drug-likeness (QED) is 0.713. The molecule has 1 aliphatic heterocycles. The van der Waals surface area contributed by atoms with Crippen LogP contribution in [-0.2, 0) is 14.4 Å². The number of piperazine rings is 1. The highest BCUT2D eigenvalue weighted by Gasteiger charge is 2.49. The van der Waals surface area contributed by atoms with Gasteiger partial charge in [-0.15, -0.1) is 6.58 Å². The summed E-state index contributed by atoms with van der Waals surface area (Å²) < 4.78 is 0. The summed E-state index contributed by atoms with van der Waals surface area (Å²) in [6.45, 7) is 7.82. The fraction of sp³-hybridized carbons (Fsp3) is 0.643. The number of carbonyl (C=O) groups is 3. The Morgan fingerprint density at radius 3 is 2.30 bits per heavy atom. The second-order valence-electron chi connectivity index (χ2n) is 5.31. The molecule has 0 aromatic carbocycles. The highest BCUT2D eigenvalue weighted by atomic mass is 16.2. The Morgan fingerprint density at radius 2 is 1.75 bits per heavy atom. The highest BCUT2D eigenvalue weighted by Crippen LogP contribution is 2.40. The number of rotatable bonds is 4. The van der Waals surface area contributed by atoms with E-state index in [2.05, 4.69) is 11.9 Å². The lowest BCUT2D eigenvalue weighted by atomic mass is 10.2. The van der Waals surface area contributed by atoms with Crippen LogP contribution in [0.25, 0.3) is 0 Å². The topological polar surface area (TPSA) is 69.7 Å². The minimum atomic E-state index is -0.187. The fourth-order valence-electron chi connectivity index (χ4n) is 2.54. The van der Waals surface area contributed by atoms with Crippen molar-refractivity contribution < 1.29 is 14.4 Å². The molecule has 0 bridgehead atoms. The third kappa shape index (κ3) is 3.18. The van der Waals surface area contributed by atoms with Crippen LogP contribution in [-0.4, -0.2) is 60.2 Å². The molecule has 2 unspecified atom stereocenters. The van der Waals surface area contributed by atoms with Crippen molar-refractivity contribution in [3.05, 3.63) is 12.7 Å². The summed E-state index contributed by atoms with van der Waals surface area (Å²) in [5, 5.41) is 2.72. The number of carbonyl (C=O) groups excluding carboxylic acids is 3. The van der Waals surface area contributed by atoms with Gasteiger partial charge in [-0.2, -0.15) is 0 Å². The maximum atomic E-state index is 12.2. The fourth-order valence-corrected chi connectivity index (χ4v) is 2.54. The van der Waals surface area contributed by atoms with Gasteiger partial charge in [0.2, 0.25) is 17.7 Å². The average Bonchev–Trinajstić information content (AvgIpc) is 3.24. The maximum Gasteiger partial charge on any atom is 0.226 e. The Kier molecular flexibility index (Phi) is 4.42. The van der Waals surface area contributed by atoms with Gasteiger partial charge in [-0.25, -0.2) is 0 Å². The molecule has 0 radical (unpaired) electrons. The molecule has 3 amide bonds. The third-order valence-electron chi connectivity index (χ3n) is 3.90. The molecule has 20 heavy (non-hydrogen) atoms. The first-order chi connectivity index (χ1) is 9.54. The van der Waals surface area contributed by atoms with E-state index in [9.17, 15) is 14.4 Å². The smallest absolute Gasteiger partial charge is 0.226 e. The molecule has 2 rings (SSSR count). The summed E-state index contributed by atoms with van der Waals surface area (Å²) in [6, 6.07) is 0. The van der Waals surface area contributed by atoms with Crippen LogP contribution in [0.1, 0.15) is 13.3 Å². The molecule has 110 valence electrons. The molecular formula is C14H21N3O3. The maximum absolute atomic E-state index is 12.2. The predicted octanol–water partition coefficient (Wildman–Crippen LogP) is -0.385. The molecule has 2 atom stereocenters. The van der Waals surface area contributed by atoms with E-state index in [1.165, 1.54) is 0 Å². The molecule has 6 nitrogen and oxygen atoms in total. The van der Waals surface area contributed by atoms with Crippen molar-refractivity contribution in [3.8, 4) is 0 Å². The molecule has 1 heterocycles. The van der Waals surface area contributed by atoms with Crippen LogP contribution < -0.4 is 5.32 Å². The van der Waals surface area contributed by atoms with Gasteiger partial charge in [0.25, 0.3) is 0 Å². The first-order valence-electron chi connectivity index (χ1n) is 6.97. The molecule has 1 saturated heterocycles. The van der Waals surface area contributed by atoms with Crippen molar-refractivity contribution in [1.29, 1.82) is 0 Å². The molecule has 1 saturated carbocycles. The van der Waals surface area contributed by atoms with E-state index in [1.807, 2.05) is 0 Å². The molecule has 0 aromatic rings. The van der Waals surface area contributed by atoms with Gasteiger partial charge < -0.3 is 15.1 Å². The lowest BCUT2D eigenvalue weighted by molar-refractivity contribution is -0.140. The summed E-state index contributed by atoms with van der Waals surface area (Å²) in [6.07, 6.45) is 2.26. The van der Waals surface area contributed by atoms with Gasteiger partial charge in [0, 0.05) is 39.6 Å². The zero-order valence-electron chi connectivity index (χ0n) is 11.8. The largest absolute Gasteiger partial charge is 0.352 e. The van der Waals surface area contributed by atoms with Crippen LogP contribution in [0.5, 0.6) is 0 Å². The summed E-state index contributed by atoms with van der Waals surface area (Å²) in [7, 11) is 0. The second kappa shape index (κ2) is 6.07. The van der Waals surface area contributed by atoms with Crippen LogP contribution in [0.3, 0.4) is 0 Å². The Bertz CT molecular complexity index is 427. The minimum absolute atomic E-state index is 0.0465. The van der Waals surface area contributed by atoms with E-state index in [-0.39, 0.29) is 29.6 Å². The molecule has 2 aliphatic rings. The zero-order valence-corrected chi connectivity index (χ0v) is 11.8. The van der Waals surface area contributed by atoms with Crippen LogP contribution in [0.4, 0.5) is 0 Å². The van der Waals surface area contributed by atoms with Crippen molar-refractivity contribution in [2.75, 3.05) is 32.7 Å². The Balaban J connectivity index is 1.78. The van der Waals surface area contributed by atoms with Crippen LogP contribution in [0.2, 0.25) is 0 Å². The van der Waals surface area contributed by atoms with Crippen molar-refractivity contribution in [3.63, 3.8) is 0 Å². The van der Waals surface area contributed by atoms with E-state index < -0.39 is 0 Å². The number of amides is 3. The normalized spacial score (nSPS) is 25.1. The van der Waals surface area contributed by atoms with Gasteiger partial charge in [-0.1, -0.05) is 6.08 Å². The standard InChI is InChI=1S/C14H21N3O3/c1-3-4-15-13(19)11-9-12(11)14(20)17-7-5-16(6-8-17)10(2)18/h3,11-12H,1,4-9H2,2H3,(H,15,19). The number of nitrogens with one attached hydrogen (secondary N) is 1. The summed E-state index contributed by atoms with van der Waals surface area (Å²) in [5.74, 6) is -0.334. The third-order valence-corrected chi connectivity index (χ3v) is 3.90. The molecule has 0 aromatic heterocycles. The lowest BCUT2D eigenvalue weighted by Gasteiger charge is -2.34. The second-order valence-corrected chi connectivity index (χ2v) is 5.31. The molecule has 6 heteroatoms. The highest BCUT2D eigenvalue weighted by molar-refractivity contribution is 5.92. The van der Waals surface area contributed by atoms with Crippen LogP contribution in [0, 0.1) is 11.8 Å². The summed E-state index contributed by atoms with van der Waals surface area (Å²) >= 11 is 0. The van der Waals surface area contributed by atoms with Gasteiger partial charge in [-0.3, -0.25) is 14.4 Å². The first-order valence-corrected chi connectivity index (χ1v) is 6.97. The SMILES string of the molecule is C=CCNC(=O)C1CC1C(=O)N1CCN(C(C)=O)CC1. The zero-order chi connectivity index (χ0) is 14.7. The minimum Gasteiger partial charge on any atom is -0.352 e. The van der Waals surface area contributed by atoms with Crippen molar-refractivity contribution in [2.45, 2.75) is 13.3 Å². The molecule has 0 spiro atoms. The van der Waals surface area contributed by atoms with Crippen molar-refractivity contribution in [2.24, 2.45) is 11.8 Å². The van der Waals surface area contributed by atoms with Gasteiger partial charge in [0.05, 0.1) is 11.8 Å². The number of hydrogen-bond donors (Lipinski definition) is 1. The van der Waals surface area contributed by atoms with Crippen LogP contribution in [0.15, 0.2) is 12.7 Å². The van der Waals surface area contributed by atoms with Crippen molar-refractivity contribution in [1.82, 2.24) is 15.1 Å². The van der Waals surface area contributed by atoms with Gasteiger partial charge in [0.15, 0.2) is 0 Å². The van der Waals surface area contributed by atoms with Gasteiger partial charge in [0.1, 0.15) is 0 Å². The number of nitrogens with zero attached hydrogens (tertiary/aromatic N) is 2. The molecule has 2 fully saturated rings. The van der Waals surface area contributed by atoms with E-state index in [4.69, 9.17) is 0 Å². The lowest BCUT2D eigenvalue weighted by Crippen LogP contribution is -2.50. The average molecular weight is 279 g/mol. The summed E-state index contributed by atoms with van der Waals surface area (Å²) in [5.41, 5.74) is 0. The van der Waals surface area contributed by atoms with Crippen LogP contribution >= 0.6 is 0 Å². The van der Waals surface area contributed by atoms with E-state index >= 15 is 0 Å². The molecule has 1 aliphatic carbocycles. The van der Waals surface area contributed by atoms with Gasteiger partial charge >= 0.3 is 0 Å². The Hall–Kier alpha value is -1.85. The number of hydrogen-bond acceptors (Lipinski definition) is 3. The van der Waals surface area contributed by atoms with E-state index in [0.717, 1.165) is 0 Å². The van der Waals surface area contributed by atoms with E-state index in [1.54, 1.807) is 22.8 Å².